The zero-order valence-corrected chi connectivity index (χ0v) is 21.4. The largest absolute Gasteiger partial charge is 0.480 e. The normalized spacial score (nSPS) is 15.2. The van der Waals surface area contributed by atoms with E-state index in [1.54, 1.807) is 0 Å². The first kappa shape index (κ1) is 33.0. The van der Waals surface area contributed by atoms with Crippen LogP contribution in [-0.4, -0.2) is 83.2 Å². The van der Waals surface area contributed by atoms with Crippen LogP contribution in [0.2, 0.25) is 0 Å². The van der Waals surface area contributed by atoms with Gasteiger partial charge in [0.1, 0.15) is 24.2 Å². The van der Waals surface area contributed by atoms with E-state index >= 15 is 0 Å². The molecule has 0 fully saturated rings. The fourth-order valence-electron chi connectivity index (χ4n) is 3.26. The summed E-state index contributed by atoms with van der Waals surface area (Å²) in [7, 11) is 0. The van der Waals surface area contributed by atoms with E-state index in [2.05, 4.69) is 20.9 Å². The van der Waals surface area contributed by atoms with Gasteiger partial charge in [0.2, 0.25) is 17.7 Å². The number of carboxylic acids is 1. The number of nitrogens with zero attached hydrogens (tertiary/aromatic N) is 1. The van der Waals surface area contributed by atoms with Gasteiger partial charge in [-0.1, -0.05) is 13.8 Å². The molecule has 5 unspecified atom stereocenters. The van der Waals surface area contributed by atoms with Crippen LogP contribution in [0.15, 0.2) is 4.99 Å². The molecule has 0 saturated carbocycles. The first-order valence-corrected chi connectivity index (χ1v) is 12.1. The molecule has 36 heavy (non-hydrogen) atoms. The lowest BCUT2D eigenvalue weighted by Gasteiger charge is -2.26. The Kier molecular flexibility index (Phi) is 16.0. The molecule has 0 aliphatic carbocycles. The summed E-state index contributed by atoms with van der Waals surface area (Å²) in [5.41, 5.74) is 21.8. The number of amides is 3. The number of carbonyl (C=O) groups excluding carboxylic acids is 3. The smallest absolute Gasteiger partial charge is 0.326 e. The van der Waals surface area contributed by atoms with E-state index in [1.807, 2.05) is 13.8 Å². The second-order valence-electron chi connectivity index (χ2n) is 9.15. The molecule has 0 radical (unpaired) electrons. The molecule has 5 atom stereocenters. The van der Waals surface area contributed by atoms with Gasteiger partial charge in [-0.05, 0) is 57.9 Å². The zero-order chi connectivity index (χ0) is 27.8. The van der Waals surface area contributed by atoms with Crippen LogP contribution in [0.5, 0.6) is 0 Å². The third kappa shape index (κ3) is 13.8. The van der Waals surface area contributed by atoms with Crippen LogP contribution in [-0.2, 0) is 19.2 Å². The Hall–Kier alpha value is -2.97. The van der Waals surface area contributed by atoms with Gasteiger partial charge in [-0.25, -0.2) is 4.79 Å². The summed E-state index contributed by atoms with van der Waals surface area (Å²) >= 11 is 0. The van der Waals surface area contributed by atoms with Crippen LogP contribution in [0, 0.1) is 5.92 Å². The molecule has 0 aliphatic rings. The fraction of sp³-hybridized carbons (Fsp3) is 0.773. The van der Waals surface area contributed by atoms with Gasteiger partial charge in [-0.2, -0.15) is 0 Å². The monoisotopic (exact) mass is 516 g/mol. The summed E-state index contributed by atoms with van der Waals surface area (Å²) < 4.78 is 0. The number of carbonyl (C=O) groups is 4. The number of nitrogens with two attached hydrogens (primary N) is 4. The van der Waals surface area contributed by atoms with Crippen molar-refractivity contribution in [1.29, 1.82) is 0 Å². The van der Waals surface area contributed by atoms with Crippen molar-refractivity contribution in [3.8, 4) is 0 Å². The standard InChI is InChI=1S/C22H44N8O6/c1-12(2)11-16(21(35)36)30-19(33)15(8-6-10-27-22(25)26)28-18(32)14(7-4-5-9-23)29-20(34)17(24)13(3)31/h12-17,31H,4-11,23-24H2,1-3H3,(H,28,32)(H,29,34)(H,30,33)(H,35,36)(H4,25,26,27). The molecule has 14 nitrogen and oxygen atoms in total. The minimum atomic E-state index is -1.25. The molecule has 0 heterocycles. The van der Waals surface area contributed by atoms with Crippen LogP contribution in [0.3, 0.4) is 0 Å². The van der Waals surface area contributed by atoms with E-state index < -0.39 is 54.0 Å². The van der Waals surface area contributed by atoms with Crippen molar-refractivity contribution in [2.45, 2.75) is 89.6 Å². The summed E-state index contributed by atoms with van der Waals surface area (Å²) in [6.07, 6.45) is 0.810. The molecule has 0 saturated heterocycles. The second-order valence-corrected chi connectivity index (χ2v) is 9.15. The molecule has 0 rings (SSSR count). The van der Waals surface area contributed by atoms with E-state index in [-0.39, 0.29) is 37.7 Å². The Bertz CT molecular complexity index is 742. The van der Waals surface area contributed by atoms with Crippen molar-refractivity contribution < 1.29 is 29.4 Å². The van der Waals surface area contributed by atoms with E-state index in [4.69, 9.17) is 22.9 Å². The molecule has 0 bridgehead atoms. The van der Waals surface area contributed by atoms with Crippen molar-refractivity contribution in [1.82, 2.24) is 16.0 Å². The predicted octanol–water partition coefficient (Wildman–Crippen LogP) is -2.54. The molecule has 14 heteroatoms. The van der Waals surface area contributed by atoms with Crippen LogP contribution >= 0.6 is 0 Å². The van der Waals surface area contributed by atoms with Gasteiger partial charge in [-0.15, -0.1) is 0 Å². The average Bonchev–Trinajstić information content (AvgIpc) is 2.78. The molecule has 0 aromatic heterocycles. The third-order valence-electron chi connectivity index (χ3n) is 5.30. The van der Waals surface area contributed by atoms with E-state index in [0.717, 1.165) is 0 Å². The Morgan fingerprint density at radius 3 is 1.78 bits per heavy atom. The van der Waals surface area contributed by atoms with E-state index in [1.165, 1.54) is 6.92 Å². The number of aliphatic carboxylic acids is 1. The zero-order valence-electron chi connectivity index (χ0n) is 21.4. The Balaban J connectivity index is 5.65. The number of nitrogens with one attached hydrogen (secondary N) is 3. The number of hydrogen-bond donors (Lipinski definition) is 9. The minimum absolute atomic E-state index is 0.00145. The summed E-state index contributed by atoms with van der Waals surface area (Å²) in [6.45, 7) is 5.57. The molecule has 13 N–H and O–H groups in total. The predicted molar refractivity (Wildman–Crippen MR) is 135 cm³/mol. The van der Waals surface area contributed by atoms with Crippen molar-refractivity contribution in [3.05, 3.63) is 0 Å². The van der Waals surface area contributed by atoms with Crippen LogP contribution < -0.4 is 38.9 Å². The van der Waals surface area contributed by atoms with Gasteiger partial charge < -0.3 is 49.1 Å². The number of aliphatic hydroxyl groups excluding tert-OH is 1. The highest BCUT2D eigenvalue weighted by molar-refractivity contribution is 5.94. The Morgan fingerprint density at radius 2 is 1.33 bits per heavy atom. The highest BCUT2D eigenvalue weighted by Gasteiger charge is 2.30. The lowest BCUT2D eigenvalue weighted by atomic mass is 10.0. The number of hydrogen-bond acceptors (Lipinski definition) is 8. The number of carboxylic acid groups (broad SMARTS) is 1. The highest BCUT2D eigenvalue weighted by Crippen LogP contribution is 2.08. The number of guanidine groups is 1. The van der Waals surface area contributed by atoms with Gasteiger partial charge in [0.05, 0.1) is 6.10 Å². The van der Waals surface area contributed by atoms with Gasteiger partial charge in [0.25, 0.3) is 0 Å². The van der Waals surface area contributed by atoms with Crippen LogP contribution in [0.25, 0.3) is 0 Å². The summed E-state index contributed by atoms with van der Waals surface area (Å²) in [6, 6.07) is -4.55. The first-order valence-electron chi connectivity index (χ1n) is 12.1. The first-order chi connectivity index (χ1) is 16.8. The maximum absolute atomic E-state index is 13.1. The highest BCUT2D eigenvalue weighted by atomic mass is 16.4. The third-order valence-corrected chi connectivity index (χ3v) is 5.30. The van der Waals surface area contributed by atoms with Gasteiger partial charge >= 0.3 is 5.97 Å². The molecule has 0 aromatic carbocycles. The van der Waals surface area contributed by atoms with Gasteiger partial charge in [-0.3, -0.25) is 19.4 Å². The van der Waals surface area contributed by atoms with Crippen LogP contribution in [0.1, 0.15) is 59.3 Å². The second kappa shape index (κ2) is 17.5. The van der Waals surface area contributed by atoms with E-state index in [9.17, 15) is 29.4 Å². The maximum atomic E-state index is 13.1. The topological polar surface area (TPSA) is 261 Å². The van der Waals surface area contributed by atoms with Gasteiger partial charge in [0.15, 0.2) is 5.96 Å². The van der Waals surface area contributed by atoms with Gasteiger partial charge in [0, 0.05) is 6.54 Å². The number of aliphatic imine (C=N–C) groups is 1. The molecule has 0 aromatic rings. The molecule has 208 valence electrons. The Labute approximate surface area is 212 Å². The summed E-state index contributed by atoms with van der Waals surface area (Å²) in [5, 5.41) is 26.7. The number of unbranched alkanes of at least 4 members (excludes halogenated alkanes) is 1. The minimum Gasteiger partial charge on any atom is -0.480 e. The molecule has 0 spiro atoms. The SMILES string of the molecule is CC(C)CC(NC(=O)C(CCCN=C(N)N)NC(=O)C(CCCCN)NC(=O)C(N)C(C)O)C(=O)O. The van der Waals surface area contributed by atoms with Crippen molar-refractivity contribution in [2.75, 3.05) is 13.1 Å². The molecule has 3 amide bonds. The number of aliphatic hydroxyl groups is 1. The summed E-state index contributed by atoms with van der Waals surface area (Å²) in [5.74, 6) is -3.39. The molecular formula is C22H44N8O6. The number of rotatable bonds is 18. The molecule has 0 aliphatic heterocycles. The molecular weight excluding hydrogens is 472 g/mol. The summed E-state index contributed by atoms with van der Waals surface area (Å²) in [4.78, 5) is 53.9. The fourth-order valence-corrected chi connectivity index (χ4v) is 3.26. The average molecular weight is 517 g/mol. The lowest BCUT2D eigenvalue weighted by molar-refractivity contribution is -0.143. The quantitative estimate of drug-likeness (QED) is 0.0523. The maximum Gasteiger partial charge on any atom is 0.326 e. The van der Waals surface area contributed by atoms with Crippen molar-refractivity contribution in [3.63, 3.8) is 0 Å². The Morgan fingerprint density at radius 1 is 0.833 bits per heavy atom. The lowest BCUT2D eigenvalue weighted by Crippen LogP contribution is -2.58. The van der Waals surface area contributed by atoms with Crippen molar-refractivity contribution in [2.24, 2.45) is 33.8 Å². The van der Waals surface area contributed by atoms with Crippen LogP contribution in [0.4, 0.5) is 0 Å². The van der Waals surface area contributed by atoms with Crippen molar-refractivity contribution >= 4 is 29.7 Å². The van der Waals surface area contributed by atoms with E-state index in [0.29, 0.717) is 25.8 Å².